The number of nitrogens with one attached hydrogen (secondary N) is 1. The lowest BCUT2D eigenvalue weighted by atomic mass is 10.1. The molecule has 0 spiro atoms. The van der Waals surface area contributed by atoms with Crippen LogP contribution in [0.15, 0.2) is 29.8 Å². The number of rotatable bonds is 8. The third-order valence-electron chi connectivity index (χ3n) is 2.51. The molecule has 110 valence electrons. The van der Waals surface area contributed by atoms with Crippen molar-refractivity contribution >= 4 is 17.3 Å². The van der Waals surface area contributed by atoms with Gasteiger partial charge in [0, 0.05) is 29.3 Å². The second-order valence-corrected chi connectivity index (χ2v) is 5.41. The lowest BCUT2D eigenvalue weighted by Gasteiger charge is -2.12. The highest BCUT2D eigenvalue weighted by molar-refractivity contribution is 6.29. The molecule has 0 fully saturated rings. The minimum atomic E-state index is -0.420. The van der Waals surface area contributed by atoms with Crippen molar-refractivity contribution in [2.45, 2.75) is 20.4 Å². The fourth-order valence-electron chi connectivity index (χ4n) is 1.61. The molecule has 5 nitrogen and oxygen atoms in total. The molecule has 20 heavy (non-hydrogen) atoms. The van der Waals surface area contributed by atoms with Crippen molar-refractivity contribution in [1.29, 1.82) is 0 Å². The molecule has 1 aromatic rings. The third kappa shape index (κ3) is 5.59. The summed E-state index contributed by atoms with van der Waals surface area (Å²) in [5.41, 5.74) is 0.779. The van der Waals surface area contributed by atoms with Gasteiger partial charge in [-0.25, -0.2) is 0 Å². The Bertz CT molecular complexity index is 489. The van der Waals surface area contributed by atoms with Crippen LogP contribution in [0.4, 0.5) is 5.69 Å². The zero-order valence-electron chi connectivity index (χ0n) is 11.7. The maximum absolute atomic E-state index is 10.8. The monoisotopic (exact) mass is 298 g/mol. The summed E-state index contributed by atoms with van der Waals surface area (Å²) < 4.78 is 5.50. The molecule has 6 heteroatoms. The van der Waals surface area contributed by atoms with Gasteiger partial charge in [0.25, 0.3) is 5.69 Å². The quantitative estimate of drug-likeness (QED) is 0.589. The largest absolute Gasteiger partial charge is 0.488 e. The van der Waals surface area contributed by atoms with Crippen molar-refractivity contribution < 1.29 is 9.66 Å². The Morgan fingerprint density at radius 1 is 1.55 bits per heavy atom. The van der Waals surface area contributed by atoms with Crippen LogP contribution in [-0.2, 0) is 6.54 Å². The van der Waals surface area contributed by atoms with Crippen molar-refractivity contribution in [3.8, 4) is 5.75 Å². The van der Waals surface area contributed by atoms with E-state index in [4.69, 9.17) is 16.3 Å². The van der Waals surface area contributed by atoms with Crippen LogP contribution in [0.25, 0.3) is 0 Å². The number of nitro groups is 1. The summed E-state index contributed by atoms with van der Waals surface area (Å²) in [5, 5.41) is 14.4. The summed E-state index contributed by atoms with van der Waals surface area (Å²) in [6.07, 6.45) is 0. The first-order chi connectivity index (χ1) is 9.40. The fourth-order valence-corrected chi connectivity index (χ4v) is 1.66. The van der Waals surface area contributed by atoms with Gasteiger partial charge in [0.1, 0.15) is 12.4 Å². The highest BCUT2D eigenvalue weighted by Crippen LogP contribution is 2.24. The molecule has 1 N–H and O–H groups in total. The van der Waals surface area contributed by atoms with Gasteiger partial charge in [-0.3, -0.25) is 10.1 Å². The lowest BCUT2D eigenvalue weighted by Crippen LogP contribution is -2.19. The van der Waals surface area contributed by atoms with E-state index in [1.54, 1.807) is 6.07 Å². The minimum absolute atomic E-state index is 0.0448. The second-order valence-electron chi connectivity index (χ2n) is 4.88. The van der Waals surface area contributed by atoms with E-state index in [2.05, 4.69) is 25.7 Å². The number of hydrogen-bond acceptors (Lipinski definition) is 4. The van der Waals surface area contributed by atoms with Gasteiger partial charge in [-0.15, -0.1) is 0 Å². The van der Waals surface area contributed by atoms with Gasteiger partial charge in [-0.05, 0) is 18.5 Å². The highest BCUT2D eigenvalue weighted by atomic mass is 35.5. The first-order valence-electron chi connectivity index (χ1n) is 6.34. The van der Waals surface area contributed by atoms with E-state index >= 15 is 0 Å². The second kappa shape index (κ2) is 7.87. The van der Waals surface area contributed by atoms with Crippen LogP contribution in [0.3, 0.4) is 0 Å². The van der Waals surface area contributed by atoms with Crippen LogP contribution in [0, 0.1) is 16.0 Å². The number of nitro benzene ring substituents is 1. The molecule has 0 aliphatic rings. The molecule has 0 bridgehead atoms. The summed E-state index contributed by atoms with van der Waals surface area (Å²) >= 11 is 5.66. The number of non-ortho nitro benzene ring substituents is 1. The molecule has 1 aromatic carbocycles. The number of halogens is 1. The Kier molecular flexibility index (Phi) is 6.48. The maximum atomic E-state index is 10.8. The minimum Gasteiger partial charge on any atom is -0.488 e. The molecule has 0 atom stereocenters. The first-order valence-corrected chi connectivity index (χ1v) is 6.72. The van der Waals surface area contributed by atoms with Crippen LogP contribution in [0.2, 0.25) is 0 Å². The van der Waals surface area contributed by atoms with Crippen LogP contribution in [-0.4, -0.2) is 18.1 Å². The molecule has 0 aromatic heterocycles. The predicted octanol–water partition coefficient (Wildman–Crippen LogP) is 3.47. The van der Waals surface area contributed by atoms with Crippen LogP contribution in [0.1, 0.15) is 19.4 Å². The van der Waals surface area contributed by atoms with Crippen molar-refractivity contribution in [3.05, 3.63) is 45.5 Å². The normalized spacial score (nSPS) is 10.6. The van der Waals surface area contributed by atoms with E-state index < -0.39 is 4.92 Å². The summed E-state index contributed by atoms with van der Waals surface area (Å²) in [6.45, 7) is 9.24. The van der Waals surface area contributed by atoms with Gasteiger partial charge in [-0.1, -0.05) is 32.0 Å². The average Bonchev–Trinajstić information content (AvgIpc) is 2.36. The summed E-state index contributed by atoms with van der Waals surface area (Å²) in [7, 11) is 0. The van der Waals surface area contributed by atoms with E-state index in [0.29, 0.717) is 23.2 Å². The van der Waals surface area contributed by atoms with Gasteiger partial charge >= 0.3 is 0 Å². The Hall–Kier alpha value is -1.59. The van der Waals surface area contributed by atoms with E-state index in [1.807, 2.05) is 0 Å². The van der Waals surface area contributed by atoms with Crippen molar-refractivity contribution in [2.24, 2.45) is 5.92 Å². The van der Waals surface area contributed by atoms with Gasteiger partial charge in [0.15, 0.2) is 0 Å². The summed E-state index contributed by atoms with van der Waals surface area (Å²) in [4.78, 5) is 10.4. The molecule has 0 aliphatic carbocycles. The highest BCUT2D eigenvalue weighted by Gasteiger charge is 2.12. The van der Waals surface area contributed by atoms with Crippen molar-refractivity contribution in [3.63, 3.8) is 0 Å². The molecule has 0 heterocycles. The van der Waals surface area contributed by atoms with E-state index in [9.17, 15) is 10.1 Å². The Morgan fingerprint density at radius 2 is 2.25 bits per heavy atom. The Labute approximate surface area is 123 Å². The lowest BCUT2D eigenvalue weighted by molar-refractivity contribution is -0.384. The van der Waals surface area contributed by atoms with Crippen LogP contribution < -0.4 is 10.1 Å². The molecule has 0 saturated carbocycles. The molecule has 0 amide bonds. The molecule has 0 aliphatic heterocycles. The molecular weight excluding hydrogens is 280 g/mol. The molecule has 0 radical (unpaired) electrons. The molecule has 1 rings (SSSR count). The fraction of sp³-hybridized carbons (Fsp3) is 0.429. The zero-order valence-corrected chi connectivity index (χ0v) is 12.4. The van der Waals surface area contributed by atoms with Gasteiger partial charge < -0.3 is 10.1 Å². The molecule has 0 unspecified atom stereocenters. The number of benzene rings is 1. The average molecular weight is 299 g/mol. The molecule has 0 saturated heterocycles. The predicted molar refractivity (Wildman–Crippen MR) is 80.1 cm³/mol. The topological polar surface area (TPSA) is 64.4 Å². The van der Waals surface area contributed by atoms with E-state index in [1.165, 1.54) is 12.1 Å². The van der Waals surface area contributed by atoms with Gasteiger partial charge in [-0.2, -0.15) is 0 Å². The van der Waals surface area contributed by atoms with Crippen molar-refractivity contribution in [1.82, 2.24) is 5.32 Å². The van der Waals surface area contributed by atoms with Crippen molar-refractivity contribution in [2.75, 3.05) is 13.2 Å². The van der Waals surface area contributed by atoms with Crippen LogP contribution in [0.5, 0.6) is 5.75 Å². The maximum Gasteiger partial charge on any atom is 0.270 e. The van der Waals surface area contributed by atoms with Gasteiger partial charge in [0.2, 0.25) is 0 Å². The molecular formula is C14H19ClN2O3. The number of ether oxygens (including phenoxy) is 1. The summed E-state index contributed by atoms with van der Waals surface area (Å²) in [6, 6.07) is 4.52. The standard InChI is InChI=1S/C14H19ClN2O3/c1-10(2)7-16-8-12-6-13(17(18)19)4-5-14(12)20-9-11(3)15/h4-6,10,16H,3,7-9H2,1-2H3. The third-order valence-corrected chi connectivity index (χ3v) is 2.62. The zero-order chi connectivity index (χ0) is 15.1. The summed E-state index contributed by atoms with van der Waals surface area (Å²) in [5.74, 6) is 1.08. The Morgan fingerprint density at radius 3 is 2.80 bits per heavy atom. The number of hydrogen-bond donors (Lipinski definition) is 1. The first kappa shape index (κ1) is 16.5. The van der Waals surface area contributed by atoms with E-state index in [-0.39, 0.29) is 12.3 Å². The number of nitrogens with zero attached hydrogens (tertiary/aromatic N) is 1. The SMILES string of the molecule is C=C(Cl)COc1ccc([N+](=O)[O-])cc1CNCC(C)C. The van der Waals surface area contributed by atoms with E-state index in [0.717, 1.165) is 12.1 Å². The Balaban J connectivity index is 2.85. The smallest absolute Gasteiger partial charge is 0.270 e. The van der Waals surface area contributed by atoms with Gasteiger partial charge in [0.05, 0.1) is 4.92 Å². The van der Waals surface area contributed by atoms with Crippen LogP contribution >= 0.6 is 11.6 Å².